The van der Waals surface area contributed by atoms with E-state index in [4.69, 9.17) is 4.74 Å². The van der Waals surface area contributed by atoms with Crippen LogP contribution >= 0.6 is 15.9 Å². The Kier molecular flexibility index (Phi) is 6.19. The molecule has 4 heteroatoms. The summed E-state index contributed by atoms with van der Waals surface area (Å²) in [5.74, 6) is 0.754. The second-order valence-electron chi connectivity index (χ2n) is 4.08. The van der Waals surface area contributed by atoms with Crippen molar-refractivity contribution in [3.8, 4) is 5.75 Å². The van der Waals surface area contributed by atoms with E-state index in [1.807, 2.05) is 24.0 Å². The van der Waals surface area contributed by atoms with Gasteiger partial charge >= 0.3 is 0 Å². The van der Waals surface area contributed by atoms with Crippen molar-refractivity contribution in [1.29, 1.82) is 0 Å². The highest BCUT2D eigenvalue weighted by molar-refractivity contribution is 9.10. The topological polar surface area (TPSA) is 29.5 Å². The Balaban J connectivity index is 2.93. The molecule has 0 aliphatic carbocycles. The summed E-state index contributed by atoms with van der Waals surface area (Å²) in [4.78, 5) is 14.3. The first kappa shape index (κ1) is 15.0. The molecule has 0 spiro atoms. The Morgan fingerprint density at radius 1 is 1.39 bits per heavy atom. The first-order valence-electron chi connectivity index (χ1n) is 6.26. The largest absolute Gasteiger partial charge is 0.497 e. The van der Waals surface area contributed by atoms with Gasteiger partial charge in [0, 0.05) is 17.6 Å². The number of hydrogen-bond donors (Lipinski definition) is 0. The lowest BCUT2D eigenvalue weighted by molar-refractivity contribution is 0.0761. The maximum Gasteiger partial charge on any atom is 0.255 e. The number of carbonyl (C=O) groups is 1. The molecule has 0 aliphatic heterocycles. The SMILES string of the molecule is CCCCN(CC)C(=O)c1cc(OC)ccc1Br. The van der Waals surface area contributed by atoms with Crippen molar-refractivity contribution < 1.29 is 9.53 Å². The van der Waals surface area contributed by atoms with Crippen molar-refractivity contribution in [3.63, 3.8) is 0 Å². The number of ether oxygens (including phenoxy) is 1. The Hall–Kier alpha value is -1.03. The molecule has 0 saturated heterocycles. The Morgan fingerprint density at radius 3 is 2.67 bits per heavy atom. The summed E-state index contributed by atoms with van der Waals surface area (Å²) in [7, 11) is 1.60. The van der Waals surface area contributed by atoms with E-state index in [-0.39, 0.29) is 5.91 Å². The van der Waals surface area contributed by atoms with Crippen LogP contribution < -0.4 is 4.74 Å². The van der Waals surface area contributed by atoms with Gasteiger partial charge in [-0.1, -0.05) is 13.3 Å². The molecular formula is C14H20BrNO2. The fourth-order valence-corrected chi connectivity index (χ4v) is 2.13. The number of methoxy groups -OCH3 is 1. The van der Waals surface area contributed by atoms with Gasteiger partial charge in [0.1, 0.15) is 5.75 Å². The molecule has 0 heterocycles. The molecule has 0 aliphatic rings. The van der Waals surface area contributed by atoms with E-state index in [0.717, 1.165) is 30.4 Å². The molecule has 0 bridgehead atoms. The van der Waals surface area contributed by atoms with Gasteiger partial charge in [0.25, 0.3) is 5.91 Å². The highest BCUT2D eigenvalue weighted by Crippen LogP contribution is 2.24. The minimum atomic E-state index is 0.0525. The van der Waals surface area contributed by atoms with E-state index < -0.39 is 0 Å². The molecule has 1 aromatic rings. The molecule has 1 amide bonds. The summed E-state index contributed by atoms with van der Waals surface area (Å²) in [5.41, 5.74) is 0.660. The van der Waals surface area contributed by atoms with E-state index in [1.165, 1.54) is 0 Å². The van der Waals surface area contributed by atoms with Crippen molar-refractivity contribution >= 4 is 21.8 Å². The smallest absolute Gasteiger partial charge is 0.255 e. The maximum absolute atomic E-state index is 12.4. The molecule has 0 fully saturated rings. The van der Waals surface area contributed by atoms with Gasteiger partial charge < -0.3 is 9.64 Å². The van der Waals surface area contributed by atoms with Crippen molar-refractivity contribution in [1.82, 2.24) is 4.90 Å². The Bertz CT molecular complexity index is 407. The Labute approximate surface area is 117 Å². The molecule has 0 radical (unpaired) electrons. The highest BCUT2D eigenvalue weighted by atomic mass is 79.9. The molecule has 0 aromatic heterocycles. The summed E-state index contributed by atoms with van der Waals surface area (Å²) >= 11 is 3.42. The predicted octanol–water partition coefficient (Wildman–Crippen LogP) is 3.72. The third kappa shape index (κ3) is 3.73. The first-order valence-corrected chi connectivity index (χ1v) is 7.06. The normalized spacial score (nSPS) is 10.2. The molecule has 0 atom stereocenters. The molecule has 0 N–H and O–H groups in total. The van der Waals surface area contributed by atoms with Gasteiger partial charge in [-0.3, -0.25) is 4.79 Å². The van der Waals surface area contributed by atoms with Gasteiger partial charge in [0.05, 0.1) is 12.7 Å². The molecule has 3 nitrogen and oxygen atoms in total. The molecule has 100 valence electrons. The summed E-state index contributed by atoms with van der Waals surface area (Å²) < 4.78 is 5.97. The van der Waals surface area contributed by atoms with E-state index in [1.54, 1.807) is 13.2 Å². The van der Waals surface area contributed by atoms with Crippen LogP contribution in [0.15, 0.2) is 22.7 Å². The third-order valence-corrected chi connectivity index (χ3v) is 3.55. The van der Waals surface area contributed by atoms with Gasteiger partial charge in [0.15, 0.2) is 0 Å². The zero-order chi connectivity index (χ0) is 13.5. The number of amides is 1. The molecule has 18 heavy (non-hydrogen) atoms. The molecule has 0 unspecified atom stereocenters. The van der Waals surface area contributed by atoms with E-state index >= 15 is 0 Å². The van der Waals surface area contributed by atoms with Crippen molar-refractivity contribution in [2.45, 2.75) is 26.7 Å². The molecular weight excluding hydrogens is 294 g/mol. The number of nitrogens with zero attached hydrogens (tertiary/aromatic N) is 1. The van der Waals surface area contributed by atoms with Gasteiger partial charge in [-0.2, -0.15) is 0 Å². The van der Waals surface area contributed by atoms with Crippen LogP contribution in [-0.4, -0.2) is 31.0 Å². The molecule has 1 aromatic carbocycles. The lowest BCUT2D eigenvalue weighted by atomic mass is 10.1. The predicted molar refractivity (Wildman–Crippen MR) is 77.2 cm³/mol. The summed E-state index contributed by atoms with van der Waals surface area (Å²) in [5, 5.41) is 0. The fourth-order valence-electron chi connectivity index (χ4n) is 1.72. The van der Waals surface area contributed by atoms with Crippen molar-refractivity contribution in [2.24, 2.45) is 0 Å². The lowest BCUT2D eigenvalue weighted by Crippen LogP contribution is -2.32. The monoisotopic (exact) mass is 313 g/mol. The van der Waals surface area contributed by atoms with Crippen molar-refractivity contribution in [2.75, 3.05) is 20.2 Å². The van der Waals surface area contributed by atoms with Gasteiger partial charge in [0.2, 0.25) is 0 Å². The summed E-state index contributed by atoms with van der Waals surface area (Å²) in [6, 6.07) is 5.46. The molecule has 1 rings (SSSR count). The van der Waals surface area contributed by atoms with Crippen LogP contribution in [0.5, 0.6) is 5.75 Å². The van der Waals surface area contributed by atoms with Crippen LogP contribution in [0.2, 0.25) is 0 Å². The number of unbranched alkanes of at least 4 members (excludes halogenated alkanes) is 1. The van der Waals surface area contributed by atoms with Crippen LogP contribution in [0.4, 0.5) is 0 Å². The average molecular weight is 314 g/mol. The summed E-state index contributed by atoms with van der Waals surface area (Å²) in [6.07, 6.45) is 2.12. The minimum absolute atomic E-state index is 0.0525. The number of hydrogen-bond acceptors (Lipinski definition) is 2. The number of rotatable bonds is 6. The lowest BCUT2D eigenvalue weighted by Gasteiger charge is -2.21. The average Bonchev–Trinajstić information content (AvgIpc) is 2.40. The van der Waals surface area contributed by atoms with Crippen LogP contribution in [-0.2, 0) is 0 Å². The van der Waals surface area contributed by atoms with E-state index in [0.29, 0.717) is 11.3 Å². The van der Waals surface area contributed by atoms with Crippen LogP contribution in [0.25, 0.3) is 0 Å². The summed E-state index contributed by atoms with van der Waals surface area (Å²) in [6.45, 7) is 5.65. The van der Waals surface area contributed by atoms with Gasteiger partial charge in [-0.25, -0.2) is 0 Å². The quantitative estimate of drug-likeness (QED) is 0.801. The Morgan fingerprint density at radius 2 is 2.11 bits per heavy atom. The van der Waals surface area contributed by atoms with Crippen molar-refractivity contribution in [3.05, 3.63) is 28.2 Å². The number of benzene rings is 1. The minimum Gasteiger partial charge on any atom is -0.497 e. The van der Waals surface area contributed by atoms with E-state index in [2.05, 4.69) is 22.9 Å². The second-order valence-corrected chi connectivity index (χ2v) is 4.94. The van der Waals surface area contributed by atoms with E-state index in [9.17, 15) is 4.79 Å². The zero-order valence-corrected chi connectivity index (χ0v) is 12.8. The number of carbonyl (C=O) groups excluding carboxylic acids is 1. The number of halogens is 1. The van der Waals surface area contributed by atoms with Gasteiger partial charge in [-0.05, 0) is 47.5 Å². The van der Waals surface area contributed by atoms with Crippen LogP contribution in [0.3, 0.4) is 0 Å². The van der Waals surface area contributed by atoms with Gasteiger partial charge in [-0.15, -0.1) is 0 Å². The third-order valence-electron chi connectivity index (χ3n) is 2.85. The fraction of sp³-hybridized carbons (Fsp3) is 0.500. The van der Waals surface area contributed by atoms with Crippen LogP contribution in [0, 0.1) is 0 Å². The second kappa shape index (κ2) is 7.41. The van der Waals surface area contributed by atoms with Crippen LogP contribution in [0.1, 0.15) is 37.0 Å². The molecule has 0 saturated carbocycles. The zero-order valence-electron chi connectivity index (χ0n) is 11.2. The first-order chi connectivity index (χ1) is 8.63. The standard InChI is InChI=1S/C14H20BrNO2/c1-4-6-9-16(5-2)14(17)12-10-11(18-3)7-8-13(12)15/h7-8,10H,4-6,9H2,1-3H3. The highest BCUT2D eigenvalue weighted by Gasteiger charge is 2.17. The maximum atomic E-state index is 12.4.